The molecule has 2 saturated heterocycles. The van der Waals surface area contributed by atoms with Gasteiger partial charge in [0.25, 0.3) is 0 Å². The first-order chi connectivity index (χ1) is 12.2. The van der Waals surface area contributed by atoms with Gasteiger partial charge >= 0.3 is 0 Å². The van der Waals surface area contributed by atoms with Crippen LogP contribution >= 0.6 is 0 Å². The van der Waals surface area contributed by atoms with E-state index in [1.807, 2.05) is 33.8 Å². The molecule has 4 nitrogen and oxygen atoms in total. The van der Waals surface area contributed by atoms with Crippen LogP contribution in [0.5, 0.6) is 0 Å². The van der Waals surface area contributed by atoms with E-state index in [1.54, 1.807) is 0 Å². The number of ether oxygens (including phenoxy) is 4. The Morgan fingerprint density at radius 1 is 0.962 bits per heavy atom. The van der Waals surface area contributed by atoms with Crippen molar-refractivity contribution in [3.63, 3.8) is 0 Å². The molecule has 0 aromatic rings. The molecule has 4 aliphatic carbocycles. The number of fused-ring (bicyclic) bond motifs is 1. The molecule has 26 heavy (non-hydrogen) atoms. The molecule has 2 heterocycles. The number of hydrogen-bond donors (Lipinski definition) is 0. The molecule has 6 aliphatic rings. The second-order valence-electron chi connectivity index (χ2n) is 9.16. The Labute approximate surface area is 155 Å². The van der Waals surface area contributed by atoms with E-state index in [1.165, 1.54) is 0 Å². The summed E-state index contributed by atoms with van der Waals surface area (Å²) in [6.07, 6.45) is 10.8. The molecule has 3 fully saturated rings. The van der Waals surface area contributed by atoms with Crippen LogP contribution in [-0.4, -0.2) is 36.0 Å². The third kappa shape index (κ3) is 1.99. The minimum absolute atomic E-state index is 0.0147. The van der Waals surface area contributed by atoms with Crippen LogP contribution in [-0.2, 0) is 18.9 Å². The Hall–Kier alpha value is -1.20. The second-order valence-corrected chi connectivity index (χ2v) is 9.16. The summed E-state index contributed by atoms with van der Waals surface area (Å²) in [5.74, 6) is -0.438. The largest absolute Gasteiger partial charge is 0.344 e. The van der Waals surface area contributed by atoms with E-state index in [-0.39, 0.29) is 47.6 Å². The van der Waals surface area contributed by atoms with Crippen LogP contribution < -0.4 is 0 Å². The highest BCUT2D eigenvalue weighted by atomic mass is 16.8. The number of hydrogen-bond acceptors (Lipinski definition) is 4. The molecule has 0 aromatic carbocycles. The lowest BCUT2D eigenvalue weighted by Gasteiger charge is -2.58. The Morgan fingerprint density at radius 3 is 2.35 bits per heavy atom. The zero-order chi connectivity index (χ0) is 18.5. The van der Waals surface area contributed by atoms with Crippen molar-refractivity contribution in [2.75, 3.05) is 0 Å². The van der Waals surface area contributed by atoms with Gasteiger partial charge < -0.3 is 18.9 Å². The highest BCUT2D eigenvalue weighted by molar-refractivity contribution is 5.40. The molecular weight excluding hydrogens is 328 g/mol. The molecular formula is C22H28O4. The highest BCUT2D eigenvalue weighted by Gasteiger charge is 2.68. The Bertz CT molecular complexity index is 732. The maximum absolute atomic E-state index is 6.42. The first-order valence-electron chi connectivity index (χ1n) is 9.60. The van der Waals surface area contributed by atoms with Crippen LogP contribution in [0.2, 0.25) is 0 Å². The topological polar surface area (TPSA) is 36.9 Å². The predicted octanol–water partition coefficient (Wildman–Crippen LogP) is 3.76. The van der Waals surface area contributed by atoms with E-state index in [4.69, 9.17) is 18.9 Å². The van der Waals surface area contributed by atoms with Crippen LogP contribution in [0.15, 0.2) is 49.1 Å². The van der Waals surface area contributed by atoms with Gasteiger partial charge in [0.05, 0.1) is 12.2 Å². The zero-order valence-corrected chi connectivity index (χ0v) is 16.0. The molecule has 0 unspecified atom stereocenters. The fraction of sp³-hybridized carbons (Fsp3) is 0.636. The number of allylic oxidation sites excluding steroid dienone is 1. The fourth-order valence-electron chi connectivity index (χ4n) is 5.97. The van der Waals surface area contributed by atoms with E-state index >= 15 is 0 Å². The van der Waals surface area contributed by atoms with Crippen LogP contribution in [0.1, 0.15) is 27.7 Å². The molecule has 2 aliphatic heterocycles. The molecule has 4 heteroatoms. The van der Waals surface area contributed by atoms with E-state index in [9.17, 15) is 0 Å². The van der Waals surface area contributed by atoms with Crippen molar-refractivity contribution in [2.24, 2.45) is 23.2 Å². The number of rotatable bonds is 2. The molecule has 0 spiro atoms. The van der Waals surface area contributed by atoms with Crippen LogP contribution in [0, 0.1) is 23.2 Å². The van der Waals surface area contributed by atoms with Crippen molar-refractivity contribution in [1.29, 1.82) is 0 Å². The van der Waals surface area contributed by atoms with E-state index in [0.717, 1.165) is 5.57 Å². The van der Waals surface area contributed by atoms with Gasteiger partial charge in [0.2, 0.25) is 0 Å². The Morgan fingerprint density at radius 2 is 1.65 bits per heavy atom. The maximum atomic E-state index is 6.42. The van der Waals surface area contributed by atoms with Gasteiger partial charge in [0.15, 0.2) is 11.6 Å². The summed E-state index contributed by atoms with van der Waals surface area (Å²) in [4.78, 5) is 0. The molecule has 0 radical (unpaired) electrons. The molecule has 0 amide bonds. The second kappa shape index (κ2) is 4.99. The molecule has 140 valence electrons. The highest BCUT2D eigenvalue weighted by Crippen LogP contribution is 2.63. The molecule has 2 bridgehead atoms. The smallest absolute Gasteiger partial charge is 0.164 e. The Balaban J connectivity index is 1.66. The average molecular weight is 356 g/mol. The summed E-state index contributed by atoms with van der Waals surface area (Å²) in [5.41, 5.74) is 0.811. The fourth-order valence-corrected chi connectivity index (χ4v) is 5.97. The lowest BCUT2D eigenvalue weighted by atomic mass is 9.48. The van der Waals surface area contributed by atoms with Crippen LogP contribution in [0.25, 0.3) is 0 Å². The van der Waals surface area contributed by atoms with Gasteiger partial charge in [-0.3, -0.25) is 0 Å². The predicted molar refractivity (Wildman–Crippen MR) is 98.2 cm³/mol. The van der Waals surface area contributed by atoms with Crippen molar-refractivity contribution >= 4 is 0 Å². The van der Waals surface area contributed by atoms with Crippen molar-refractivity contribution in [3.05, 3.63) is 49.1 Å². The molecule has 8 atom stereocenters. The zero-order valence-electron chi connectivity index (χ0n) is 16.0. The van der Waals surface area contributed by atoms with Gasteiger partial charge in [0, 0.05) is 17.3 Å². The third-order valence-corrected chi connectivity index (χ3v) is 6.84. The Kier molecular flexibility index (Phi) is 3.25. The normalized spacial score (nSPS) is 52.0. The molecule has 0 aromatic heterocycles. The van der Waals surface area contributed by atoms with Crippen molar-refractivity contribution in [3.8, 4) is 0 Å². The summed E-state index contributed by atoms with van der Waals surface area (Å²) < 4.78 is 25.4. The minimum atomic E-state index is -0.597. The summed E-state index contributed by atoms with van der Waals surface area (Å²) in [7, 11) is 0. The van der Waals surface area contributed by atoms with Crippen molar-refractivity contribution in [1.82, 2.24) is 0 Å². The van der Waals surface area contributed by atoms with E-state index in [0.29, 0.717) is 0 Å². The van der Waals surface area contributed by atoms with Gasteiger partial charge in [-0.05, 0) is 39.2 Å². The summed E-state index contributed by atoms with van der Waals surface area (Å²) in [5, 5.41) is 0. The van der Waals surface area contributed by atoms with Crippen molar-refractivity contribution < 1.29 is 18.9 Å². The minimum Gasteiger partial charge on any atom is -0.344 e. The molecule has 1 saturated carbocycles. The standard InChI is InChI=1S/C22H28O4/c1-7-12-11-14-15(18-16(12)23-20(3,4)25-18)13-9-10-22(14,8-2)19-17(13)24-21(5,6)26-19/h7-11,13-19H,1-2H2,3-6H3/t13-,14+,15+,16+,17-,18-,19-,22+/m0/s1. The summed E-state index contributed by atoms with van der Waals surface area (Å²) in [6, 6.07) is 0. The summed E-state index contributed by atoms with van der Waals surface area (Å²) in [6.45, 7) is 16.2. The van der Waals surface area contributed by atoms with Crippen LogP contribution in [0.3, 0.4) is 0 Å². The van der Waals surface area contributed by atoms with Crippen LogP contribution in [0.4, 0.5) is 0 Å². The van der Waals surface area contributed by atoms with Gasteiger partial charge in [-0.2, -0.15) is 0 Å². The first-order valence-corrected chi connectivity index (χ1v) is 9.60. The van der Waals surface area contributed by atoms with Gasteiger partial charge in [-0.25, -0.2) is 0 Å². The first kappa shape index (κ1) is 16.9. The monoisotopic (exact) mass is 356 g/mol. The van der Waals surface area contributed by atoms with Gasteiger partial charge in [0.1, 0.15) is 12.2 Å². The quantitative estimate of drug-likeness (QED) is 0.706. The third-order valence-electron chi connectivity index (χ3n) is 6.84. The van der Waals surface area contributed by atoms with Gasteiger partial charge in [-0.15, -0.1) is 6.58 Å². The van der Waals surface area contributed by atoms with E-state index < -0.39 is 11.6 Å². The molecule has 6 rings (SSSR count). The average Bonchev–Trinajstić information content (AvgIpc) is 3.09. The van der Waals surface area contributed by atoms with Crippen molar-refractivity contribution in [2.45, 2.75) is 63.7 Å². The summed E-state index contributed by atoms with van der Waals surface area (Å²) >= 11 is 0. The SMILES string of the molecule is C=CC1=C[C@@H]2[C@@H]([C@@H]3C=C[C@@]2(C=C)[C@H]2OC(C)(C)O[C@@H]32)[C@@H]2OC(C)(C)O[C@H]12. The van der Waals surface area contributed by atoms with Gasteiger partial charge in [-0.1, -0.05) is 37.0 Å². The van der Waals surface area contributed by atoms with E-state index in [2.05, 4.69) is 37.5 Å². The lowest BCUT2D eigenvalue weighted by Crippen LogP contribution is -2.63. The lowest BCUT2D eigenvalue weighted by molar-refractivity contribution is -0.163. The molecule has 0 N–H and O–H groups in total. The maximum Gasteiger partial charge on any atom is 0.164 e.